The summed E-state index contributed by atoms with van der Waals surface area (Å²) < 4.78 is 16.2. The summed E-state index contributed by atoms with van der Waals surface area (Å²) in [7, 11) is 0. The number of nitrogens with zero attached hydrogens (tertiary/aromatic N) is 3. The van der Waals surface area contributed by atoms with E-state index in [4.69, 9.17) is 5.11 Å². The summed E-state index contributed by atoms with van der Waals surface area (Å²) in [6.07, 6.45) is 2.77. The largest absolute Gasteiger partial charge is 0.396 e. The molecule has 0 atom stereocenters. The van der Waals surface area contributed by atoms with Crippen LogP contribution in [-0.4, -0.2) is 32.2 Å². The summed E-state index contributed by atoms with van der Waals surface area (Å²) in [5.74, 6) is 1.07. The Morgan fingerprint density at radius 2 is 1.77 bits per heavy atom. The molecule has 0 saturated heterocycles. The van der Waals surface area contributed by atoms with Crippen LogP contribution in [-0.2, 0) is 0 Å². The molecule has 0 saturated carbocycles. The van der Waals surface area contributed by atoms with Crippen molar-refractivity contribution < 1.29 is 9.50 Å². The third-order valence-corrected chi connectivity index (χ3v) is 5.09. The van der Waals surface area contributed by atoms with Crippen molar-refractivity contribution in [1.82, 2.24) is 14.8 Å². The summed E-state index contributed by atoms with van der Waals surface area (Å²) in [6.45, 7) is 2.26. The van der Waals surface area contributed by atoms with Crippen LogP contribution in [0.4, 0.5) is 4.39 Å². The second kappa shape index (κ2) is 8.96. The van der Waals surface area contributed by atoms with E-state index in [1.54, 1.807) is 30.0 Å². The Kier molecular flexibility index (Phi) is 6.41. The number of halogens is 1. The number of aliphatic hydroxyl groups excluding tert-OH is 1. The molecule has 1 N–H and O–H groups in total. The lowest BCUT2D eigenvalue weighted by Crippen LogP contribution is -2.01. The monoisotopic (exact) mass is 371 g/mol. The van der Waals surface area contributed by atoms with Crippen LogP contribution in [0.25, 0.3) is 17.1 Å². The summed E-state index contributed by atoms with van der Waals surface area (Å²) >= 11 is 1.60. The number of unbranched alkanes of at least 4 members (excludes halogenated alkanes) is 2. The molecule has 136 valence electrons. The van der Waals surface area contributed by atoms with Gasteiger partial charge in [-0.2, -0.15) is 0 Å². The Hall–Kier alpha value is -2.18. The molecule has 4 nitrogen and oxygen atoms in total. The number of aliphatic hydroxyl groups is 1. The fourth-order valence-corrected chi connectivity index (χ4v) is 3.61. The Morgan fingerprint density at radius 3 is 2.50 bits per heavy atom. The van der Waals surface area contributed by atoms with E-state index in [9.17, 15) is 4.39 Å². The van der Waals surface area contributed by atoms with E-state index in [2.05, 4.69) is 10.2 Å². The molecule has 0 amide bonds. The molecular weight excluding hydrogens is 349 g/mol. The van der Waals surface area contributed by atoms with E-state index >= 15 is 0 Å². The lowest BCUT2D eigenvalue weighted by molar-refractivity contribution is 0.284. The van der Waals surface area contributed by atoms with Crippen molar-refractivity contribution >= 4 is 11.8 Å². The maximum atomic E-state index is 14.3. The zero-order chi connectivity index (χ0) is 18.4. The van der Waals surface area contributed by atoms with E-state index < -0.39 is 0 Å². The van der Waals surface area contributed by atoms with Gasteiger partial charge in [0.2, 0.25) is 0 Å². The first-order chi connectivity index (χ1) is 12.7. The number of hydrogen-bond donors (Lipinski definition) is 1. The molecule has 6 heteroatoms. The molecule has 0 unspecified atom stereocenters. The number of aromatic nitrogens is 3. The van der Waals surface area contributed by atoms with Gasteiger partial charge in [0.15, 0.2) is 11.0 Å². The predicted octanol–water partition coefficient (Wildman–Crippen LogP) is 4.64. The second-order valence-electron chi connectivity index (χ2n) is 6.09. The van der Waals surface area contributed by atoms with Crippen molar-refractivity contribution in [2.24, 2.45) is 0 Å². The molecule has 26 heavy (non-hydrogen) atoms. The Balaban J connectivity index is 1.95. The standard InChI is InChI=1S/C20H22FN3OS/c1-15-9-11-16(12-10-15)24-19(17-7-3-4-8-18(17)21)22-23-20(24)26-14-6-2-5-13-25/h3-4,7-12,25H,2,5-6,13-14H2,1H3. The normalized spacial score (nSPS) is 11.0. The minimum absolute atomic E-state index is 0.224. The van der Waals surface area contributed by atoms with Gasteiger partial charge in [0.05, 0.1) is 5.56 Å². The first kappa shape index (κ1) is 18.6. The van der Waals surface area contributed by atoms with Crippen molar-refractivity contribution in [3.63, 3.8) is 0 Å². The number of thioether (sulfide) groups is 1. The zero-order valence-corrected chi connectivity index (χ0v) is 15.5. The smallest absolute Gasteiger partial charge is 0.196 e. The Labute approximate surface area is 157 Å². The minimum atomic E-state index is -0.312. The van der Waals surface area contributed by atoms with E-state index in [1.165, 1.54) is 6.07 Å². The molecular formula is C20H22FN3OS. The molecule has 0 spiro atoms. The van der Waals surface area contributed by atoms with Gasteiger partial charge < -0.3 is 5.11 Å². The Bertz CT molecular complexity index is 849. The van der Waals surface area contributed by atoms with Crippen molar-refractivity contribution in [2.75, 3.05) is 12.4 Å². The fraction of sp³-hybridized carbons (Fsp3) is 0.300. The van der Waals surface area contributed by atoms with Crippen LogP contribution in [0.15, 0.2) is 53.7 Å². The third-order valence-electron chi connectivity index (χ3n) is 4.07. The molecule has 1 aromatic heterocycles. The van der Waals surface area contributed by atoms with Crippen molar-refractivity contribution in [2.45, 2.75) is 31.3 Å². The number of aryl methyl sites for hydroxylation is 1. The highest BCUT2D eigenvalue weighted by Gasteiger charge is 2.18. The highest BCUT2D eigenvalue weighted by Crippen LogP contribution is 2.29. The topological polar surface area (TPSA) is 50.9 Å². The number of rotatable bonds is 8. The van der Waals surface area contributed by atoms with Crippen LogP contribution in [0.2, 0.25) is 0 Å². The SMILES string of the molecule is Cc1ccc(-n2c(SCCCCCO)nnc2-c2ccccc2F)cc1. The van der Waals surface area contributed by atoms with Gasteiger partial charge in [0.1, 0.15) is 5.82 Å². The van der Waals surface area contributed by atoms with Crippen LogP contribution < -0.4 is 0 Å². The van der Waals surface area contributed by atoms with Gasteiger partial charge >= 0.3 is 0 Å². The lowest BCUT2D eigenvalue weighted by Gasteiger charge is -2.11. The van der Waals surface area contributed by atoms with E-state index in [0.29, 0.717) is 11.4 Å². The summed E-state index contributed by atoms with van der Waals surface area (Å²) in [4.78, 5) is 0. The lowest BCUT2D eigenvalue weighted by atomic mass is 10.2. The number of benzene rings is 2. The number of hydrogen-bond acceptors (Lipinski definition) is 4. The van der Waals surface area contributed by atoms with Crippen LogP contribution in [0.3, 0.4) is 0 Å². The molecule has 0 bridgehead atoms. The molecule has 1 heterocycles. The molecule has 0 aliphatic rings. The summed E-state index contributed by atoms with van der Waals surface area (Å²) in [6, 6.07) is 14.7. The summed E-state index contributed by atoms with van der Waals surface area (Å²) in [5, 5.41) is 18.2. The minimum Gasteiger partial charge on any atom is -0.396 e. The molecule has 0 aliphatic heterocycles. The second-order valence-corrected chi connectivity index (χ2v) is 7.15. The molecule has 3 aromatic rings. The summed E-state index contributed by atoms with van der Waals surface area (Å²) in [5.41, 5.74) is 2.51. The van der Waals surface area contributed by atoms with Gasteiger partial charge in [0, 0.05) is 18.0 Å². The zero-order valence-electron chi connectivity index (χ0n) is 14.7. The first-order valence-electron chi connectivity index (χ1n) is 8.71. The molecule has 2 aromatic carbocycles. The average Bonchev–Trinajstić information content (AvgIpc) is 3.06. The fourth-order valence-electron chi connectivity index (χ4n) is 2.66. The van der Waals surface area contributed by atoms with E-state index in [0.717, 1.165) is 41.4 Å². The van der Waals surface area contributed by atoms with Gasteiger partial charge in [-0.1, -0.05) is 48.0 Å². The van der Waals surface area contributed by atoms with Crippen molar-refractivity contribution in [3.8, 4) is 17.1 Å². The highest BCUT2D eigenvalue weighted by atomic mass is 32.2. The van der Waals surface area contributed by atoms with Crippen LogP contribution in [0.5, 0.6) is 0 Å². The molecule has 3 rings (SSSR count). The first-order valence-corrected chi connectivity index (χ1v) is 9.70. The van der Waals surface area contributed by atoms with Gasteiger partial charge in [-0.25, -0.2) is 4.39 Å². The molecule has 0 aliphatic carbocycles. The van der Waals surface area contributed by atoms with E-state index in [1.807, 2.05) is 35.8 Å². The maximum absolute atomic E-state index is 14.3. The quantitative estimate of drug-likeness (QED) is 0.463. The van der Waals surface area contributed by atoms with Crippen LogP contribution in [0.1, 0.15) is 24.8 Å². The highest BCUT2D eigenvalue weighted by molar-refractivity contribution is 7.99. The van der Waals surface area contributed by atoms with Gasteiger partial charge in [-0.15, -0.1) is 10.2 Å². The van der Waals surface area contributed by atoms with Gasteiger partial charge in [0.25, 0.3) is 0 Å². The van der Waals surface area contributed by atoms with Crippen LogP contribution in [0, 0.1) is 12.7 Å². The average molecular weight is 371 g/mol. The predicted molar refractivity (Wildman–Crippen MR) is 103 cm³/mol. The third kappa shape index (κ3) is 4.31. The van der Waals surface area contributed by atoms with Crippen molar-refractivity contribution in [3.05, 3.63) is 59.9 Å². The van der Waals surface area contributed by atoms with E-state index in [-0.39, 0.29) is 12.4 Å². The van der Waals surface area contributed by atoms with Gasteiger partial charge in [-0.05, 0) is 44.0 Å². The maximum Gasteiger partial charge on any atom is 0.196 e. The Morgan fingerprint density at radius 1 is 1.00 bits per heavy atom. The van der Waals surface area contributed by atoms with Crippen molar-refractivity contribution in [1.29, 1.82) is 0 Å². The molecule has 0 fully saturated rings. The van der Waals surface area contributed by atoms with Crippen LogP contribution >= 0.6 is 11.8 Å². The molecule has 0 radical (unpaired) electrons. The van der Waals surface area contributed by atoms with Gasteiger partial charge in [-0.3, -0.25) is 4.57 Å².